The maximum absolute atomic E-state index is 7.50. The minimum atomic E-state index is 0. The van der Waals surface area contributed by atoms with Crippen LogP contribution in [0.3, 0.4) is 0 Å². The summed E-state index contributed by atoms with van der Waals surface area (Å²) in [4.78, 5) is 0. The first-order chi connectivity index (χ1) is 5.50. The van der Waals surface area contributed by atoms with Crippen LogP contribution < -0.4 is 0 Å². The summed E-state index contributed by atoms with van der Waals surface area (Å²) >= 11 is 0. The number of rotatable bonds is 0. The molecule has 5 heteroatoms. The first kappa shape index (κ1) is 22.5. The van der Waals surface area contributed by atoms with Crippen molar-refractivity contribution in [3.8, 4) is 0 Å². The summed E-state index contributed by atoms with van der Waals surface area (Å²) in [7, 11) is 0. The van der Waals surface area contributed by atoms with Crippen molar-refractivity contribution in [1.29, 1.82) is 5.46 Å². The molecule has 0 saturated carbocycles. The van der Waals surface area contributed by atoms with Crippen LogP contribution in [0.1, 0.15) is 0 Å². The van der Waals surface area contributed by atoms with E-state index in [1.165, 1.54) is 0 Å². The van der Waals surface area contributed by atoms with Crippen LogP contribution in [-0.2, 0) is 31.1 Å². The van der Waals surface area contributed by atoms with Crippen molar-refractivity contribution in [3.05, 3.63) is 43.6 Å². The normalized spacial score (nSPS) is 3.83. The number of nitrogens with zero attached hydrogens (tertiary/aromatic N) is 1. The number of hydrogen-bond acceptors (Lipinski definition) is 1. The van der Waals surface area contributed by atoms with Crippen molar-refractivity contribution in [2.24, 2.45) is 0 Å². The van der Waals surface area contributed by atoms with Crippen LogP contribution in [0, 0.1) is 18.8 Å². The molecule has 0 aromatic heterocycles. The molecular formula is C7H5MnNO3. The molecular weight excluding hydrogens is 201 g/mol. The molecule has 0 aliphatic carbocycles. The molecule has 0 spiro atoms. The fourth-order valence-electron chi connectivity index (χ4n) is 0.321. The molecule has 0 aliphatic rings. The van der Waals surface area contributed by atoms with Gasteiger partial charge < -0.3 is 0 Å². The van der Waals surface area contributed by atoms with Crippen molar-refractivity contribution >= 4 is 0 Å². The average Bonchev–Trinajstić information content (AvgIpc) is 2.71. The van der Waals surface area contributed by atoms with Gasteiger partial charge >= 0.3 is 32.8 Å². The fraction of sp³-hybridized carbons (Fsp3) is 0. The van der Waals surface area contributed by atoms with Crippen LogP contribution in [0.2, 0.25) is 0 Å². The van der Waals surface area contributed by atoms with Gasteiger partial charge in [0.2, 0.25) is 0 Å². The van der Waals surface area contributed by atoms with Gasteiger partial charge in [-0.05, 0) is 0 Å². The van der Waals surface area contributed by atoms with Gasteiger partial charge in [0.25, 0.3) is 0 Å². The third-order valence-electron chi connectivity index (χ3n) is 0.556. The van der Waals surface area contributed by atoms with Crippen LogP contribution in [-0.4, -0.2) is 0 Å². The largest absolute Gasteiger partial charge is 0.214 e. The minimum Gasteiger partial charge on any atom is -0.214 e. The zero-order valence-corrected chi connectivity index (χ0v) is 7.12. The Bertz CT molecular complexity index is 147. The Balaban J connectivity index is -0.0000000406. The van der Waals surface area contributed by atoms with E-state index < -0.39 is 0 Å². The summed E-state index contributed by atoms with van der Waals surface area (Å²) in [6, 6.07) is 10.0. The van der Waals surface area contributed by atoms with E-state index in [0.717, 1.165) is 0 Å². The molecule has 63 valence electrons. The summed E-state index contributed by atoms with van der Waals surface area (Å²) in [6.07, 6.45) is 0. The monoisotopic (exact) mass is 206 g/mol. The summed E-state index contributed by atoms with van der Waals surface area (Å²) in [5, 5.41) is 0. The average molecular weight is 206 g/mol. The van der Waals surface area contributed by atoms with E-state index in [1.54, 1.807) is 0 Å². The Morgan fingerprint density at radius 1 is 0.917 bits per heavy atom. The second kappa shape index (κ2) is 50.5. The van der Waals surface area contributed by atoms with Crippen molar-refractivity contribution in [2.45, 2.75) is 0 Å². The Morgan fingerprint density at radius 3 is 1.25 bits per heavy atom. The molecule has 0 saturated heterocycles. The van der Waals surface area contributed by atoms with Gasteiger partial charge in [0.05, 0.1) is 0 Å². The second-order valence-electron chi connectivity index (χ2n) is 0.962. The third-order valence-corrected chi connectivity index (χ3v) is 0.556. The topological polar surface area (TPSA) is 83.5 Å². The molecule has 0 heterocycles. The van der Waals surface area contributed by atoms with Crippen LogP contribution in [0.4, 0.5) is 0 Å². The SMILES string of the molecule is N#[O+].[C-]#[O+].[C-]#[O+].[Mn].c1cc[cH-]c1. The maximum atomic E-state index is 7.50. The molecule has 0 amide bonds. The van der Waals surface area contributed by atoms with Crippen LogP contribution in [0.15, 0.2) is 30.3 Å². The second-order valence-corrected chi connectivity index (χ2v) is 0.962. The quantitative estimate of drug-likeness (QED) is 0.356. The Morgan fingerprint density at radius 2 is 1.17 bits per heavy atom. The zero-order chi connectivity index (χ0) is 9.54. The number of hydrogen-bond donors (Lipinski definition) is 0. The molecule has 0 N–H and O–H groups in total. The minimum absolute atomic E-state index is 0. The Hall–Kier alpha value is -0.981. The summed E-state index contributed by atoms with van der Waals surface area (Å²) < 4.78 is 22.2. The van der Waals surface area contributed by atoms with Crippen LogP contribution in [0.5, 0.6) is 0 Å². The van der Waals surface area contributed by atoms with E-state index in [1.807, 2.05) is 30.3 Å². The molecule has 0 unspecified atom stereocenters. The van der Waals surface area contributed by atoms with Crippen LogP contribution >= 0.6 is 0 Å². The molecule has 0 bridgehead atoms. The smallest absolute Gasteiger partial charge is 0 e. The molecule has 4 nitrogen and oxygen atoms in total. The van der Waals surface area contributed by atoms with Gasteiger partial charge in [0.1, 0.15) is 0 Å². The van der Waals surface area contributed by atoms with Crippen molar-refractivity contribution in [3.63, 3.8) is 0 Å². The molecule has 0 aliphatic heterocycles. The molecule has 1 rings (SSSR count). The van der Waals surface area contributed by atoms with E-state index in [9.17, 15) is 0 Å². The summed E-state index contributed by atoms with van der Waals surface area (Å²) in [5.41, 5.74) is 5.75. The Kier molecular flexibility index (Phi) is 94.4. The predicted molar refractivity (Wildman–Crippen MR) is 32.3 cm³/mol. The molecule has 0 fully saturated rings. The van der Waals surface area contributed by atoms with Gasteiger partial charge in [-0.15, -0.1) is 0 Å². The van der Waals surface area contributed by atoms with E-state index in [4.69, 9.17) is 19.5 Å². The van der Waals surface area contributed by atoms with E-state index in [-0.39, 0.29) is 17.1 Å². The molecule has 1 aromatic carbocycles. The van der Waals surface area contributed by atoms with Crippen LogP contribution in [0.25, 0.3) is 0 Å². The zero-order valence-electron chi connectivity index (χ0n) is 5.94. The van der Waals surface area contributed by atoms with Gasteiger partial charge in [-0.1, -0.05) is 0 Å². The van der Waals surface area contributed by atoms with Gasteiger partial charge in [-0.2, -0.15) is 18.2 Å². The standard InChI is InChI=1S/C5H5.2CO.Mn.NO/c1-2-4-5-3-1;2*1-2;;1-2/h1-5H;;;;/q-1;;;;+1. The first-order valence-corrected chi connectivity index (χ1v) is 2.26. The predicted octanol–water partition coefficient (Wildman–Crippen LogP) is 1.22. The van der Waals surface area contributed by atoms with Gasteiger partial charge in [0, 0.05) is 17.1 Å². The van der Waals surface area contributed by atoms with Gasteiger partial charge in [-0.3, -0.25) is 0 Å². The molecule has 1 aromatic rings. The van der Waals surface area contributed by atoms with Gasteiger partial charge in [-0.25, -0.2) is 12.1 Å². The molecule has 1 radical (unpaired) electrons. The third kappa shape index (κ3) is 35.9. The van der Waals surface area contributed by atoms with Crippen molar-refractivity contribution in [2.75, 3.05) is 0 Å². The van der Waals surface area contributed by atoms with Gasteiger partial charge in [0.15, 0.2) is 0 Å². The fourth-order valence-corrected chi connectivity index (χ4v) is 0.321. The van der Waals surface area contributed by atoms with Crippen molar-refractivity contribution < 1.29 is 31.1 Å². The van der Waals surface area contributed by atoms with E-state index >= 15 is 0 Å². The van der Waals surface area contributed by atoms with E-state index in [0.29, 0.717) is 0 Å². The summed E-state index contributed by atoms with van der Waals surface area (Å²) in [5.74, 6) is 0. The maximum Gasteiger partial charge on any atom is 0 e. The van der Waals surface area contributed by atoms with E-state index in [2.05, 4.69) is 13.3 Å². The Labute approximate surface area is 80.7 Å². The molecule has 0 atom stereocenters. The summed E-state index contributed by atoms with van der Waals surface area (Å²) in [6.45, 7) is 9.00. The van der Waals surface area contributed by atoms with Crippen molar-refractivity contribution in [1.82, 2.24) is 0 Å². The molecule has 12 heavy (non-hydrogen) atoms. The first-order valence-electron chi connectivity index (χ1n) is 2.26.